The van der Waals surface area contributed by atoms with Gasteiger partial charge in [0, 0.05) is 17.3 Å². The van der Waals surface area contributed by atoms with Crippen molar-refractivity contribution < 1.29 is 4.74 Å². The lowest BCUT2D eigenvalue weighted by Crippen LogP contribution is -2.11. The lowest BCUT2D eigenvalue weighted by Gasteiger charge is -2.10. The van der Waals surface area contributed by atoms with Gasteiger partial charge in [-0.3, -0.25) is 9.78 Å². The van der Waals surface area contributed by atoms with Crippen molar-refractivity contribution in [3.05, 3.63) is 40.7 Å². The number of nitrogens with one attached hydrogen (secondary N) is 1. The maximum atomic E-state index is 11.5. The fourth-order valence-electron chi connectivity index (χ4n) is 1.64. The highest BCUT2D eigenvalue weighted by Crippen LogP contribution is 2.22. The molecule has 0 spiro atoms. The molecule has 0 saturated carbocycles. The molecule has 0 aliphatic carbocycles. The Morgan fingerprint density at radius 3 is 2.83 bits per heavy atom. The third-order valence-electron chi connectivity index (χ3n) is 2.44. The van der Waals surface area contributed by atoms with E-state index in [0.29, 0.717) is 17.0 Å². The van der Waals surface area contributed by atoms with Gasteiger partial charge in [0.1, 0.15) is 5.75 Å². The molecule has 2 heterocycles. The first kappa shape index (κ1) is 12.3. The van der Waals surface area contributed by atoms with Gasteiger partial charge in [0.15, 0.2) is 0 Å². The topological polar surface area (TPSA) is 67.9 Å². The van der Waals surface area contributed by atoms with Crippen molar-refractivity contribution in [1.29, 1.82) is 0 Å². The predicted molar refractivity (Wildman–Crippen MR) is 68.6 cm³/mol. The van der Waals surface area contributed by atoms with Crippen molar-refractivity contribution in [2.75, 3.05) is 0 Å². The van der Waals surface area contributed by atoms with Crippen LogP contribution in [-0.2, 0) is 0 Å². The SMILES string of the molecule is Cc1c(-c2cncc(OC(C)C)c2)nc[nH]c1=O. The summed E-state index contributed by atoms with van der Waals surface area (Å²) in [5.41, 5.74) is 1.83. The van der Waals surface area contributed by atoms with Crippen LogP contribution in [0.4, 0.5) is 0 Å². The molecule has 5 nitrogen and oxygen atoms in total. The largest absolute Gasteiger partial charge is 0.489 e. The molecular formula is C13H15N3O2. The molecule has 0 radical (unpaired) electrons. The lowest BCUT2D eigenvalue weighted by molar-refractivity contribution is 0.241. The summed E-state index contributed by atoms with van der Waals surface area (Å²) < 4.78 is 5.57. The summed E-state index contributed by atoms with van der Waals surface area (Å²) in [6.45, 7) is 5.63. The van der Waals surface area contributed by atoms with E-state index in [9.17, 15) is 4.79 Å². The van der Waals surface area contributed by atoms with Crippen LogP contribution in [0.15, 0.2) is 29.6 Å². The number of aromatic nitrogens is 3. The minimum absolute atomic E-state index is 0.0790. The predicted octanol–water partition coefficient (Wildman–Crippen LogP) is 1.93. The van der Waals surface area contributed by atoms with Crippen molar-refractivity contribution in [3.63, 3.8) is 0 Å². The Morgan fingerprint density at radius 1 is 1.33 bits per heavy atom. The molecular weight excluding hydrogens is 230 g/mol. The summed E-state index contributed by atoms with van der Waals surface area (Å²) >= 11 is 0. The Morgan fingerprint density at radius 2 is 2.11 bits per heavy atom. The van der Waals surface area contributed by atoms with E-state index in [1.54, 1.807) is 19.3 Å². The van der Waals surface area contributed by atoms with Gasteiger partial charge < -0.3 is 9.72 Å². The van der Waals surface area contributed by atoms with Crippen molar-refractivity contribution >= 4 is 0 Å². The van der Waals surface area contributed by atoms with E-state index in [0.717, 1.165) is 5.56 Å². The van der Waals surface area contributed by atoms with Gasteiger partial charge in [0.25, 0.3) is 5.56 Å². The molecule has 0 amide bonds. The summed E-state index contributed by atoms with van der Waals surface area (Å²) in [5.74, 6) is 0.670. The number of nitrogens with zero attached hydrogens (tertiary/aromatic N) is 2. The van der Waals surface area contributed by atoms with Crippen LogP contribution in [0.25, 0.3) is 11.3 Å². The third-order valence-corrected chi connectivity index (χ3v) is 2.44. The zero-order chi connectivity index (χ0) is 13.1. The maximum Gasteiger partial charge on any atom is 0.254 e. The van der Waals surface area contributed by atoms with Crippen LogP contribution in [0, 0.1) is 6.92 Å². The molecule has 2 rings (SSSR count). The molecule has 0 unspecified atom stereocenters. The number of hydrogen-bond acceptors (Lipinski definition) is 4. The molecule has 0 atom stereocenters. The van der Waals surface area contributed by atoms with Crippen LogP contribution in [0.3, 0.4) is 0 Å². The van der Waals surface area contributed by atoms with E-state index >= 15 is 0 Å². The Hall–Kier alpha value is -2.17. The third kappa shape index (κ3) is 2.56. The van der Waals surface area contributed by atoms with Gasteiger partial charge in [0.2, 0.25) is 0 Å². The molecule has 1 N–H and O–H groups in total. The molecule has 0 aliphatic heterocycles. The van der Waals surface area contributed by atoms with E-state index in [1.807, 2.05) is 19.9 Å². The highest BCUT2D eigenvalue weighted by molar-refractivity contribution is 5.62. The van der Waals surface area contributed by atoms with Crippen molar-refractivity contribution in [3.8, 4) is 17.0 Å². The van der Waals surface area contributed by atoms with Gasteiger partial charge in [-0.15, -0.1) is 0 Å². The normalized spacial score (nSPS) is 10.7. The van der Waals surface area contributed by atoms with Crippen LogP contribution in [0.1, 0.15) is 19.4 Å². The van der Waals surface area contributed by atoms with E-state index < -0.39 is 0 Å². The first-order valence-corrected chi connectivity index (χ1v) is 5.74. The minimum Gasteiger partial charge on any atom is -0.489 e. The second-order valence-corrected chi connectivity index (χ2v) is 4.28. The van der Waals surface area contributed by atoms with Gasteiger partial charge in [-0.05, 0) is 26.8 Å². The molecule has 0 fully saturated rings. The van der Waals surface area contributed by atoms with Crippen LogP contribution in [0.5, 0.6) is 5.75 Å². The van der Waals surface area contributed by atoms with Crippen molar-refractivity contribution in [2.45, 2.75) is 26.9 Å². The number of pyridine rings is 1. The average molecular weight is 245 g/mol. The quantitative estimate of drug-likeness (QED) is 0.897. The van der Waals surface area contributed by atoms with E-state index in [-0.39, 0.29) is 11.7 Å². The molecule has 94 valence electrons. The van der Waals surface area contributed by atoms with Gasteiger partial charge in [-0.2, -0.15) is 0 Å². The molecule has 5 heteroatoms. The van der Waals surface area contributed by atoms with Gasteiger partial charge >= 0.3 is 0 Å². The standard InChI is InChI=1S/C13H15N3O2/c1-8(2)18-11-4-10(5-14-6-11)12-9(3)13(17)16-7-15-12/h4-8H,1-3H3,(H,15,16,17). The Kier molecular flexibility index (Phi) is 3.41. The monoisotopic (exact) mass is 245 g/mol. The number of hydrogen-bond donors (Lipinski definition) is 1. The van der Waals surface area contributed by atoms with Gasteiger partial charge in [-0.1, -0.05) is 0 Å². The number of H-pyrrole nitrogens is 1. The lowest BCUT2D eigenvalue weighted by atomic mass is 10.1. The van der Waals surface area contributed by atoms with Gasteiger partial charge in [-0.25, -0.2) is 4.98 Å². The van der Waals surface area contributed by atoms with Crippen LogP contribution < -0.4 is 10.3 Å². The van der Waals surface area contributed by atoms with Crippen LogP contribution in [-0.4, -0.2) is 21.1 Å². The van der Waals surface area contributed by atoms with Gasteiger partial charge in [0.05, 0.1) is 24.3 Å². The number of rotatable bonds is 3. The van der Waals surface area contributed by atoms with Crippen molar-refractivity contribution in [2.24, 2.45) is 0 Å². The van der Waals surface area contributed by atoms with E-state index in [1.165, 1.54) is 6.33 Å². The molecule has 0 bridgehead atoms. The molecule has 2 aromatic rings. The molecule has 18 heavy (non-hydrogen) atoms. The average Bonchev–Trinajstić information content (AvgIpc) is 2.32. The molecule has 0 aliphatic rings. The zero-order valence-electron chi connectivity index (χ0n) is 10.6. The highest BCUT2D eigenvalue weighted by Gasteiger charge is 2.08. The molecule has 0 saturated heterocycles. The fraction of sp³-hybridized carbons (Fsp3) is 0.308. The maximum absolute atomic E-state index is 11.5. The minimum atomic E-state index is -0.143. The van der Waals surface area contributed by atoms with E-state index in [2.05, 4.69) is 15.0 Å². The smallest absolute Gasteiger partial charge is 0.254 e. The zero-order valence-corrected chi connectivity index (χ0v) is 10.6. The second kappa shape index (κ2) is 5.00. The Balaban J connectivity index is 2.45. The van der Waals surface area contributed by atoms with Crippen LogP contribution in [0.2, 0.25) is 0 Å². The van der Waals surface area contributed by atoms with E-state index in [4.69, 9.17) is 4.74 Å². The Bertz CT molecular complexity index is 605. The number of ether oxygens (including phenoxy) is 1. The fourth-order valence-corrected chi connectivity index (χ4v) is 1.64. The second-order valence-electron chi connectivity index (χ2n) is 4.28. The number of aromatic amines is 1. The summed E-state index contributed by atoms with van der Waals surface area (Å²) in [4.78, 5) is 22.4. The summed E-state index contributed by atoms with van der Waals surface area (Å²) in [6.07, 6.45) is 4.78. The molecule has 0 aromatic carbocycles. The molecule has 2 aromatic heterocycles. The summed E-state index contributed by atoms with van der Waals surface area (Å²) in [7, 11) is 0. The summed E-state index contributed by atoms with van der Waals surface area (Å²) in [5, 5.41) is 0. The first-order chi connectivity index (χ1) is 8.58. The summed E-state index contributed by atoms with van der Waals surface area (Å²) in [6, 6.07) is 1.84. The van der Waals surface area contributed by atoms with Crippen molar-refractivity contribution in [1.82, 2.24) is 15.0 Å². The van der Waals surface area contributed by atoms with Crippen LogP contribution >= 0.6 is 0 Å². The first-order valence-electron chi connectivity index (χ1n) is 5.74. The Labute approximate surface area is 105 Å². The highest BCUT2D eigenvalue weighted by atomic mass is 16.5.